The van der Waals surface area contributed by atoms with E-state index in [1.807, 2.05) is 0 Å². The molecule has 0 radical (unpaired) electrons. The molecule has 0 saturated carbocycles. The highest BCUT2D eigenvalue weighted by Crippen LogP contribution is 2.40. The SMILES string of the molecule is CC(C)(C)[Si](C)(C)OS(=O)(=O)C(F)(F)F.C[Si](C)(C)N[Si](C)(C)C. The first-order valence-electron chi connectivity index (χ1n) is 7.73. The van der Waals surface area contributed by atoms with Crippen LogP contribution in [-0.4, -0.2) is 38.7 Å². The fraction of sp³-hybridized carbons (Fsp3) is 1.00. The summed E-state index contributed by atoms with van der Waals surface area (Å²) in [5.41, 5.74) is -5.34. The van der Waals surface area contributed by atoms with Gasteiger partial charge in [-0.1, -0.05) is 60.1 Å². The first kappa shape index (κ1) is 26.5. The van der Waals surface area contributed by atoms with Crippen molar-refractivity contribution in [2.24, 2.45) is 0 Å². The minimum atomic E-state index is -5.48. The third-order valence-electron chi connectivity index (χ3n) is 3.16. The van der Waals surface area contributed by atoms with Crippen molar-refractivity contribution in [2.75, 3.05) is 0 Å². The van der Waals surface area contributed by atoms with Gasteiger partial charge in [-0.05, 0) is 18.1 Å². The molecule has 0 fully saturated rings. The molecule has 24 heavy (non-hydrogen) atoms. The molecular formula is C13H34F3NO3SSi3. The number of rotatable bonds is 4. The molecule has 0 rings (SSSR count). The minimum absolute atomic E-state index is 0.592. The summed E-state index contributed by atoms with van der Waals surface area (Å²) in [5.74, 6) is 0. The third-order valence-corrected chi connectivity index (χ3v) is 15.9. The van der Waals surface area contributed by atoms with Crippen LogP contribution in [0.5, 0.6) is 0 Å². The van der Waals surface area contributed by atoms with Gasteiger partial charge in [-0.15, -0.1) is 0 Å². The van der Waals surface area contributed by atoms with Crippen LogP contribution >= 0.6 is 0 Å². The Labute approximate surface area is 149 Å². The molecule has 1 N–H and O–H groups in total. The zero-order chi connectivity index (χ0) is 20.4. The average molecular weight is 426 g/mol. The van der Waals surface area contributed by atoms with Crippen molar-refractivity contribution >= 4 is 34.9 Å². The molecular weight excluding hydrogens is 391 g/mol. The molecule has 4 nitrogen and oxygen atoms in total. The maximum Gasteiger partial charge on any atom is 0.522 e. The van der Waals surface area contributed by atoms with Crippen molar-refractivity contribution in [3.8, 4) is 0 Å². The summed E-state index contributed by atoms with van der Waals surface area (Å²) < 4.78 is 65.9. The van der Waals surface area contributed by atoms with E-state index in [1.54, 1.807) is 20.8 Å². The van der Waals surface area contributed by atoms with Gasteiger partial charge in [0, 0.05) is 0 Å². The van der Waals surface area contributed by atoms with E-state index in [1.165, 1.54) is 13.1 Å². The lowest BCUT2D eigenvalue weighted by molar-refractivity contribution is -0.0504. The van der Waals surface area contributed by atoms with E-state index in [-0.39, 0.29) is 0 Å². The molecule has 0 aliphatic carbocycles. The maximum atomic E-state index is 12.1. The second-order valence-electron chi connectivity index (χ2n) is 9.37. The Hall–Kier alpha value is 0.311. The van der Waals surface area contributed by atoms with E-state index in [0.29, 0.717) is 0 Å². The molecule has 0 spiro atoms. The average Bonchev–Trinajstić information content (AvgIpc) is 2.05. The fourth-order valence-electron chi connectivity index (χ4n) is 1.57. The van der Waals surface area contributed by atoms with E-state index >= 15 is 0 Å². The van der Waals surface area contributed by atoms with Gasteiger partial charge in [0.05, 0.1) is 0 Å². The van der Waals surface area contributed by atoms with Crippen molar-refractivity contribution in [3.05, 3.63) is 0 Å². The second kappa shape index (κ2) is 7.91. The molecule has 0 unspecified atom stereocenters. The van der Waals surface area contributed by atoms with Gasteiger partial charge in [0.15, 0.2) is 0 Å². The Morgan fingerprint density at radius 3 is 1.21 bits per heavy atom. The molecule has 0 aliphatic heterocycles. The third kappa shape index (κ3) is 11.0. The minimum Gasteiger partial charge on any atom is -0.360 e. The van der Waals surface area contributed by atoms with Crippen LogP contribution in [0.2, 0.25) is 57.4 Å². The van der Waals surface area contributed by atoms with E-state index in [4.69, 9.17) is 0 Å². The highest BCUT2D eigenvalue weighted by Gasteiger charge is 2.52. The molecule has 11 heteroatoms. The Kier molecular flexibility index (Phi) is 8.74. The smallest absolute Gasteiger partial charge is 0.360 e. The van der Waals surface area contributed by atoms with E-state index in [9.17, 15) is 21.6 Å². The molecule has 0 bridgehead atoms. The van der Waals surface area contributed by atoms with E-state index in [2.05, 4.69) is 47.8 Å². The van der Waals surface area contributed by atoms with Gasteiger partial charge in [0.25, 0.3) is 0 Å². The lowest BCUT2D eigenvalue weighted by Crippen LogP contribution is -2.55. The van der Waals surface area contributed by atoms with Crippen LogP contribution in [0.25, 0.3) is 0 Å². The number of nitrogens with one attached hydrogen (secondary N) is 1. The van der Waals surface area contributed by atoms with E-state index < -0.39 is 45.5 Å². The van der Waals surface area contributed by atoms with Gasteiger partial charge >= 0.3 is 15.6 Å². The predicted octanol–water partition coefficient (Wildman–Crippen LogP) is 5.10. The molecule has 0 amide bonds. The number of hydrogen-bond acceptors (Lipinski definition) is 4. The standard InChI is InChI=1S/C7H15F3O3SSi.C6H19NSi2/c1-6(2,3)15(4,5)13-14(11,12)7(8,9)10;1-8(2,3)7-9(4,5)6/h1-5H3;7H,1-6H3. The number of halogens is 3. The number of hydrogen-bond donors (Lipinski definition) is 1. The monoisotopic (exact) mass is 425 g/mol. The summed E-state index contributed by atoms with van der Waals surface area (Å²) in [6, 6.07) is 0. The zero-order valence-electron chi connectivity index (χ0n) is 16.8. The summed E-state index contributed by atoms with van der Waals surface area (Å²) in [4.78, 5) is 0. The molecule has 0 atom stereocenters. The van der Waals surface area contributed by atoms with Gasteiger partial charge < -0.3 is 8.52 Å². The maximum absolute atomic E-state index is 12.1. The number of alkyl halides is 3. The van der Waals surface area contributed by atoms with Crippen LogP contribution < -0.4 is 4.65 Å². The van der Waals surface area contributed by atoms with Gasteiger partial charge in [-0.2, -0.15) is 21.6 Å². The molecule has 0 heterocycles. The van der Waals surface area contributed by atoms with E-state index in [0.717, 1.165) is 0 Å². The quantitative estimate of drug-likeness (QED) is 0.503. The van der Waals surface area contributed by atoms with Crippen molar-refractivity contribution in [3.63, 3.8) is 0 Å². The summed E-state index contributed by atoms with van der Waals surface area (Å²) in [6.45, 7) is 22.0. The fourth-order valence-corrected chi connectivity index (χ4v) is 14.1. The van der Waals surface area contributed by atoms with Crippen molar-refractivity contribution in [1.29, 1.82) is 0 Å². The second-order valence-corrected chi connectivity index (χ2v) is 25.9. The topological polar surface area (TPSA) is 55.4 Å². The summed E-state index contributed by atoms with van der Waals surface area (Å²) in [7, 11) is -10.4. The van der Waals surface area contributed by atoms with Crippen LogP contribution in [0, 0.1) is 0 Å². The Bertz CT molecular complexity index is 490. The molecule has 0 saturated heterocycles. The molecule has 0 aromatic carbocycles. The Morgan fingerprint density at radius 2 is 1.08 bits per heavy atom. The van der Waals surface area contributed by atoms with Crippen LogP contribution in [-0.2, 0) is 14.0 Å². The molecule has 0 aliphatic rings. The summed E-state index contributed by atoms with van der Waals surface area (Å²) in [5, 5.41) is -0.592. The molecule has 148 valence electrons. The lowest BCUT2D eigenvalue weighted by Gasteiger charge is -2.35. The zero-order valence-corrected chi connectivity index (χ0v) is 20.6. The van der Waals surface area contributed by atoms with Crippen LogP contribution in [0.1, 0.15) is 20.8 Å². The van der Waals surface area contributed by atoms with Crippen LogP contribution in [0.4, 0.5) is 13.2 Å². The van der Waals surface area contributed by atoms with Crippen LogP contribution in [0.3, 0.4) is 0 Å². The Balaban J connectivity index is 0. The Morgan fingerprint density at radius 1 is 0.792 bits per heavy atom. The largest absolute Gasteiger partial charge is 0.522 e. The predicted molar refractivity (Wildman–Crippen MR) is 103 cm³/mol. The molecule has 0 aromatic heterocycles. The first-order valence-corrected chi connectivity index (χ1v) is 19.0. The van der Waals surface area contributed by atoms with Gasteiger partial charge in [0.1, 0.15) is 16.5 Å². The van der Waals surface area contributed by atoms with Gasteiger partial charge in [-0.3, -0.25) is 0 Å². The summed E-state index contributed by atoms with van der Waals surface area (Å²) >= 11 is 0. The lowest BCUT2D eigenvalue weighted by atomic mass is 10.2. The highest BCUT2D eigenvalue weighted by molar-refractivity contribution is 7.88. The summed E-state index contributed by atoms with van der Waals surface area (Å²) in [6.07, 6.45) is 0. The van der Waals surface area contributed by atoms with Crippen molar-refractivity contribution in [2.45, 2.75) is 83.7 Å². The van der Waals surface area contributed by atoms with Gasteiger partial charge in [-0.25, -0.2) is 0 Å². The van der Waals surface area contributed by atoms with Crippen LogP contribution in [0.15, 0.2) is 0 Å². The van der Waals surface area contributed by atoms with Crippen molar-refractivity contribution < 1.29 is 25.5 Å². The molecule has 0 aromatic rings. The first-order chi connectivity index (χ1) is 9.91. The highest BCUT2D eigenvalue weighted by atomic mass is 32.2. The van der Waals surface area contributed by atoms with Crippen molar-refractivity contribution in [1.82, 2.24) is 4.65 Å². The normalized spacial score (nSPS) is 14.9. The van der Waals surface area contributed by atoms with Gasteiger partial charge in [0.2, 0.25) is 8.32 Å².